The largest absolute Gasteiger partial charge is 0.473 e. The number of aryl methyl sites for hydroxylation is 1. The summed E-state index contributed by atoms with van der Waals surface area (Å²) in [5.41, 5.74) is 2.99. The average Bonchev–Trinajstić information content (AvgIpc) is 3.25. The van der Waals surface area contributed by atoms with Crippen LogP contribution in [-0.4, -0.2) is 45.9 Å². The molecule has 4 rings (SSSR count). The van der Waals surface area contributed by atoms with Gasteiger partial charge < -0.3 is 14.2 Å². The fourth-order valence-corrected chi connectivity index (χ4v) is 3.22. The van der Waals surface area contributed by atoms with Crippen LogP contribution in [0.15, 0.2) is 35.1 Å². The normalized spacial score (nSPS) is 18.8. The molecule has 0 radical (unpaired) electrons. The number of hydrogen-bond donors (Lipinski definition) is 0. The number of fused-ring (bicyclic) bond motifs is 1. The van der Waals surface area contributed by atoms with Crippen LogP contribution < -0.4 is 4.74 Å². The van der Waals surface area contributed by atoms with Crippen molar-refractivity contribution in [1.29, 1.82) is 0 Å². The zero-order valence-corrected chi connectivity index (χ0v) is 13.4. The van der Waals surface area contributed by atoms with E-state index in [9.17, 15) is 0 Å². The second kappa shape index (κ2) is 5.70. The fraction of sp³-hybridized carbons (Fsp3) is 0.412. The van der Waals surface area contributed by atoms with E-state index in [1.807, 2.05) is 29.8 Å². The van der Waals surface area contributed by atoms with Gasteiger partial charge in [0, 0.05) is 18.4 Å². The van der Waals surface area contributed by atoms with Crippen molar-refractivity contribution in [3.8, 4) is 17.0 Å². The summed E-state index contributed by atoms with van der Waals surface area (Å²) in [4.78, 5) is 2.34. The number of rotatable bonds is 4. The summed E-state index contributed by atoms with van der Waals surface area (Å²) in [5, 5.41) is 8.33. The number of ether oxygens (including phenoxy) is 1. The van der Waals surface area contributed by atoms with Crippen molar-refractivity contribution in [1.82, 2.24) is 19.7 Å². The summed E-state index contributed by atoms with van der Waals surface area (Å²) >= 11 is 0. The average molecular weight is 312 g/mol. The first-order chi connectivity index (χ1) is 11.2. The minimum atomic E-state index is 0.456. The van der Waals surface area contributed by atoms with E-state index in [-0.39, 0.29) is 0 Å². The van der Waals surface area contributed by atoms with Gasteiger partial charge in [0.25, 0.3) is 5.88 Å². The maximum atomic E-state index is 5.99. The third kappa shape index (κ3) is 2.59. The van der Waals surface area contributed by atoms with Crippen LogP contribution in [0.1, 0.15) is 18.6 Å². The molecule has 3 aromatic heterocycles. The molecule has 0 N–H and O–H groups in total. The molecule has 6 heteroatoms. The molecule has 0 unspecified atom stereocenters. The van der Waals surface area contributed by atoms with Gasteiger partial charge in [0.1, 0.15) is 12.4 Å². The number of aromatic nitrogens is 3. The molecule has 3 aromatic rings. The van der Waals surface area contributed by atoms with E-state index in [0.29, 0.717) is 18.5 Å². The van der Waals surface area contributed by atoms with Crippen molar-refractivity contribution < 1.29 is 9.26 Å². The van der Waals surface area contributed by atoms with Gasteiger partial charge in [-0.15, -0.1) is 0 Å². The molecule has 0 amide bonds. The SMILES string of the molecule is Cc1onc(OC[C@H]2CCCN2C)c1-c1ccn2nccc2c1. The van der Waals surface area contributed by atoms with Crippen molar-refractivity contribution in [2.45, 2.75) is 25.8 Å². The lowest BCUT2D eigenvalue weighted by molar-refractivity contribution is 0.187. The van der Waals surface area contributed by atoms with Crippen molar-refractivity contribution in [2.75, 3.05) is 20.2 Å². The van der Waals surface area contributed by atoms with Gasteiger partial charge in [-0.25, -0.2) is 4.52 Å². The molecule has 0 bridgehead atoms. The Morgan fingerprint density at radius 1 is 1.39 bits per heavy atom. The summed E-state index contributed by atoms with van der Waals surface area (Å²) < 4.78 is 13.2. The van der Waals surface area contributed by atoms with Gasteiger partial charge in [0.05, 0.1) is 11.1 Å². The van der Waals surface area contributed by atoms with Gasteiger partial charge >= 0.3 is 0 Å². The molecule has 0 saturated carbocycles. The predicted octanol–water partition coefficient (Wildman–Crippen LogP) is 2.77. The van der Waals surface area contributed by atoms with Crippen molar-refractivity contribution >= 4 is 5.52 Å². The molecule has 1 aliphatic rings. The molecule has 23 heavy (non-hydrogen) atoms. The number of nitrogens with zero attached hydrogens (tertiary/aromatic N) is 4. The van der Waals surface area contributed by atoms with Gasteiger partial charge in [0.2, 0.25) is 0 Å². The highest BCUT2D eigenvalue weighted by Gasteiger charge is 2.23. The standard InChI is InChI=1S/C17H20N4O2/c1-12-16(13-6-9-21-14(10-13)5-7-18-21)17(19-23-12)22-11-15-4-3-8-20(15)2/h5-7,9-10,15H,3-4,8,11H2,1-2H3/t15-/m1/s1. The number of likely N-dealkylation sites (N-methyl/N-ethyl adjacent to an activating group) is 1. The Morgan fingerprint density at radius 2 is 2.30 bits per heavy atom. The predicted molar refractivity (Wildman–Crippen MR) is 86.6 cm³/mol. The monoisotopic (exact) mass is 312 g/mol. The third-order valence-corrected chi connectivity index (χ3v) is 4.60. The highest BCUT2D eigenvalue weighted by Crippen LogP contribution is 2.33. The van der Waals surface area contributed by atoms with Gasteiger partial charge in [-0.1, -0.05) is 0 Å². The highest BCUT2D eigenvalue weighted by atomic mass is 16.5. The lowest BCUT2D eigenvalue weighted by Crippen LogP contribution is -2.30. The lowest BCUT2D eigenvalue weighted by Gasteiger charge is -2.19. The van der Waals surface area contributed by atoms with E-state index in [1.165, 1.54) is 12.8 Å². The quantitative estimate of drug-likeness (QED) is 0.741. The van der Waals surface area contributed by atoms with Crippen molar-refractivity contribution in [3.05, 3.63) is 36.4 Å². The van der Waals surface area contributed by atoms with Crippen LogP contribution in [0.2, 0.25) is 0 Å². The molecule has 1 saturated heterocycles. The molecule has 6 nitrogen and oxygen atoms in total. The van der Waals surface area contributed by atoms with Crippen LogP contribution in [0.3, 0.4) is 0 Å². The van der Waals surface area contributed by atoms with Crippen LogP contribution in [-0.2, 0) is 0 Å². The Kier molecular flexibility index (Phi) is 3.53. The summed E-state index contributed by atoms with van der Waals surface area (Å²) in [7, 11) is 2.14. The molecule has 1 atom stereocenters. The molecule has 0 aliphatic carbocycles. The zero-order chi connectivity index (χ0) is 15.8. The molecule has 1 fully saturated rings. The molecule has 0 spiro atoms. The van der Waals surface area contributed by atoms with Gasteiger partial charge in [-0.05, 0) is 62.3 Å². The van der Waals surface area contributed by atoms with Crippen LogP contribution in [0.5, 0.6) is 5.88 Å². The lowest BCUT2D eigenvalue weighted by atomic mass is 10.1. The molecular weight excluding hydrogens is 292 g/mol. The van der Waals surface area contributed by atoms with E-state index < -0.39 is 0 Å². The van der Waals surface area contributed by atoms with Crippen molar-refractivity contribution in [3.63, 3.8) is 0 Å². The van der Waals surface area contributed by atoms with E-state index >= 15 is 0 Å². The smallest absolute Gasteiger partial charge is 0.262 e. The molecule has 1 aliphatic heterocycles. The summed E-state index contributed by atoms with van der Waals surface area (Å²) in [6.45, 7) is 3.69. The van der Waals surface area contributed by atoms with Crippen LogP contribution in [0.4, 0.5) is 0 Å². The van der Waals surface area contributed by atoms with E-state index in [4.69, 9.17) is 9.26 Å². The first kappa shape index (κ1) is 14.3. The first-order valence-electron chi connectivity index (χ1n) is 7.95. The maximum absolute atomic E-state index is 5.99. The fourth-order valence-electron chi connectivity index (χ4n) is 3.22. The molecular formula is C17H20N4O2. The molecule has 0 aromatic carbocycles. The maximum Gasteiger partial charge on any atom is 0.262 e. The molecule has 4 heterocycles. The Balaban J connectivity index is 1.61. The summed E-state index contributed by atoms with van der Waals surface area (Å²) in [6, 6.07) is 6.51. The summed E-state index contributed by atoms with van der Waals surface area (Å²) in [5.74, 6) is 1.34. The van der Waals surface area contributed by atoms with Gasteiger partial charge in [0.15, 0.2) is 0 Å². The van der Waals surface area contributed by atoms with Gasteiger partial charge in [-0.2, -0.15) is 5.10 Å². The van der Waals surface area contributed by atoms with Gasteiger partial charge in [-0.3, -0.25) is 0 Å². The number of likely N-dealkylation sites (tertiary alicyclic amines) is 1. The second-order valence-corrected chi connectivity index (χ2v) is 6.12. The minimum Gasteiger partial charge on any atom is -0.473 e. The van der Waals surface area contributed by atoms with Crippen LogP contribution >= 0.6 is 0 Å². The number of hydrogen-bond acceptors (Lipinski definition) is 5. The Morgan fingerprint density at radius 3 is 3.13 bits per heavy atom. The second-order valence-electron chi connectivity index (χ2n) is 6.12. The third-order valence-electron chi connectivity index (χ3n) is 4.60. The zero-order valence-electron chi connectivity index (χ0n) is 13.4. The Hall–Kier alpha value is -2.34. The van der Waals surface area contributed by atoms with E-state index in [1.54, 1.807) is 6.20 Å². The Bertz CT molecular complexity index is 823. The van der Waals surface area contributed by atoms with E-state index in [2.05, 4.69) is 28.3 Å². The highest BCUT2D eigenvalue weighted by molar-refractivity contribution is 5.73. The Labute approximate surface area is 134 Å². The number of pyridine rings is 1. The van der Waals surface area contributed by atoms with Crippen LogP contribution in [0.25, 0.3) is 16.6 Å². The van der Waals surface area contributed by atoms with Crippen LogP contribution in [0, 0.1) is 6.92 Å². The minimum absolute atomic E-state index is 0.456. The first-order valence-corrected chi connectivity index (χ1v) is 7.95. The van der Waals surface area contributed by atoms with E-state index in [0.717, 1.165) is 28.9 Å². The topological polar surface area (TPSA) is 55.8 Å². The van der Waals surface area contributed by atoms with Crippen molar-refractivity contribution in [2.24, 2.45) is 0 Å². The summed E-state index contributed by atoms with van der Waals surface area (Å²) in [6.07, 6.45) is 6.12. The molecule has 120 valence electrons.